The number of carbonyl (C=O) groups excluding carboxylic acids is 1. The van der Waals surface area contributed by atoms with Gasteiger partial charge in [-0.05, 0) is 30.9 Å². The smallest absolute Gasteiger partial charge is 0.242 e. The van der Waals surface area contributed by atoms with Gasteiger partial charge in [0.05, 0.1) is 17.9 Å². The summed E-state index contributed by atoms with van der Waals surface area (Å²) in [6, 6.07) is 6.00. The third-order valence-electron chi connectivity index (χ3n) is 3.78. The zero-order valence-corrected chi connectivity index (χ0v) is 12.6. The van der Waals surface area contributed by atoms with Crippen LogP contribution in [0.5, 0.6) is 0 Å². The van der Waals surface area contributed by atoms with E-state index in [1.54, 1.807) is 0 Å². The van der Waals surface area contributed by atoms with Crippen molar-refractivity contribution in [2.75, 3.05) is 36.8 Å². The predicted octanol–water partition coefficient (Wildman–Crippen LogP) is 2.28. The molecule has 0 unspecified atom stereocenters. The fraction of sp³-hybridized carbons (Fsp3) is 0.562. The Kier molecular flexibility index (Phi) is 4.88. The van der Waals surface area contributed by atoms with Gasteiger partial charge in [-0.25, -0.2) is 0 Å². The average molecular weight is 275 g/mol. The summed E-state index contributed by atoms with van der Waals surface area (Å²) >= 11 is 0. The molecule has 2 N–H and O–H groups in total. The van der Waals surface area contributed by atoms with Crippen molar-refractivity contribution in [1.82, 2.24) is 4.90 Å². The monoisotopic (exact) mass is 275 g/mol. The van der Waals surface area contributed by atoms with E-state index in [1.165, 1.54) is 5.56 Å². The minimum absolute atomic E-state index is 0.213. The maximum Gasteiger partial charge on any atom is 0.242 e. The highest BCUT2D eigenvalue weighted by atomic mass is 16.2. The number of anilines is 2. The molecule has 0 bridgehead atoms. The first-order valence-electron chi connectivity index (χ1n) is 7.57. The topological polar surface area (TPSA) is 49.6 Å². The summed E-state index contributed by atoms with van der Waals surface area (Å²) in [7, 11) is 0. The Hall–Kier alpha value is -1.71. The minimum atomic E-state index is 0.213. The van der Waals surface area contributed by atoms with Crippen molar-refractivity contribution in [2.45, 2.75) is 33.1 Å². The first kappa shape index (κ1) is 14.7. The van der Waals surface area contributed by atoms with Crippen LogP contribution in [0.4, 0.5) is 11.4 Å². The van der Waals surface area contributed by atoms with Crippen LogP contribution in [0.25, 0.3) is 0 Å². The molecule has 1 amide bonds. The second-order valence-corrected chi connectivity index (χ2v) is 5.41. The molecule has 0 spiro atoms. The van der Waals surface area contributed by atoms with Crippen LogP contribution >= 0.6 is 0 Å². The van der Waals surface area contributed by atoms with Crippen LogP contribution < -0.4 is 10.6 Å². The van der Waals surface area contributed by atoms with E-state index in [0.717, 1.165) is 50.3 Å². The Labute approximate surface area is 121 Å². The second-order valence-electron chi connectivity index (χ2n) is 5.41. The molecule has 1 aromatic rings. The molecule has 0 radical (unpaired) electrons. The molecule has 4 heteroatoms. The van der Waals surface area contributed by atoms with Gasteiger partial charge in [0.15, 0.2) is 0 Å². The molecule has 0 saturated heterocycles. The van der Waals surface area contributed by atoms with Crippen molar-refractivity contribution in [3.05, 3.63) is 23.8 Å². The summed E-state index contributed by atoms with van der Waals surface area (Å²) in [5.41, 5.74) is 9.17. The molecular formula is C16H25N3O. The molecule has 1 aromatic carbocycles. The number of nitrogen functional groups attached to an aromatic ring is 1. The normalized spacial score (nSPS) is 13.4. The van der Waals surface area contributed by atoms with Crippen LogP contribution in [0.1, 0.15) is 32.3 Å². The van der Waals surface area contributed by atoms with E-state index in [9.17, 15) is 4.79 Å². The Morgan fingerprint density at radius 1 is 1.30 bits per heavy atom. The van der Waals surface area contributed by atoms with Crippen molar-refractivity contribution < 1.29 is 4.79 Å². The molecule has 0 aromatic heterocycles. The Morgan fingerprint density at radius 2 is 2.00 bits per heavy atom. The Bertz CT molecular complexity index is 467. The molecule has 20 heavy (non-hydrogen) atoms. The molecule has 1 aliphatic heterocycles. The molecule has 4 nitrogen and oxygen atoms in total. The van der Waals surface area contributed by atoms with Crippen LogP contribution in [0.15, 0.2) is 18.2 Å². The van der Waals surface area contributed by atoms with Gasteiger partial charge in [-0.15, -0.1) is 0 Å². The van der Waals surface area contributed by atoms with Crippen molar-refractivity contribution in [3.63, 3.8) is 0 Å². The van der Waals surface area contributed by atoms with Crippen LogP contribution in [-0.2, 0) is 11.2 Å². The van der Waals surface area contributed by atoms with E-state index >= 15 is 0 Å². The van der Waals surface area contributed by atoms with Crippen LogP contribution in [-0.4, -0.2) is 37.0 Å². The predicted molar refractivity (Wildman–Crippen MR) is 83.9 cm³/mol. The maximum atomic E-state index is 12.4. The number of fused-ring (bicyclic) bond motifs is 1. The fourth-order valence-electron chi connectivity index (χ4n) is 2.89. The Balaban J connectivity index is 2.06. The molecule has 0 aliphatic carbocycles. The molecule has 1 aliphatic rings. The highest BCUT2D eigenvalue weighted by Crippen LogP contribution is 2.33. The number of rotatable bonds is 6. The highest BCUT2D eigenvalue weighted by Gasteiger charge is 2.24. The minimum Gasteiger partial charge on any atom is -0.397 e. The number of carbonyl (C=O) groups is 1. The third-order valence-corrected chi connectivity index (χ3v) is 3.78. The summed E-state index contributed by atoms with van der Waals surface area (Å²) in [6.45, 7) is 7.25. The van der Waals surface area contributed by atoms with Gasteiger partial charge in [0, 0.05) is 19.6 Å². The molecule has 1 heterocycles. The zero-order chi connectivity index (χ0) is 14.5. The van der Waals surface area contributed by atoms with Gasteiger partial charge in [-0.1, -0.05) is 26.0 Å². The molecule has 2 rings (SSSR count). The summed E-state index contributed by atoms with van der Waals surface area (Å²) in [6.07, 6.45) is 2.99. The standard InChI is InChI=1S/C16H25N3O/c1-3-9-18(10-4-2)15(20)12-19-11-8-13-6-5-7-14(17)16(13)19/h5-7H,3-4,8-12,17H2,1-2H3. The van der Waals surface area contributed by atoms with Gasteiger partial charge >= 0.3 is 0 Å². The van der Waals surface area contributed by atoms with E-state index in [1.807, 2.05) is 17.0 Å². The van der Waals surface area contributed by atoms with Gasteiger partial charge in [0.2, 0.25) is 5.91 Å². The van der Waals surface area contributed by atoms with Gasteiger partial charge in [-0.3, -0.25) is 4.79 Å². The summed E-state index contributed by atoms with van der Waals surface area (Å²) in [4.78, 5) is 16.5. The number of amides is 1. The average Bonchev–Trinajstić information content (AvgIpc) is 2.83. The zero-order valence-electron chi connectivity index (χ0n) is 12.6. The van der Waals surface area contributed by atoms with E-state index in [0.29, 0.717) is 6.54 Å². The number of benzene rings is 1. The van der Waals surface area contributed by atoms with E-state index in [-0.39, 0.29) is 5.91 Å². The van der Waals surface area contributed by atoms with Gasteiger partial charge in [0.25, 0.3) is 0 Å². The van der Waals surface area contributed by atoms with E-state index in [2.05, 4.69) is 24.8 Å². The second kappa shape index (κ2) is 6.64. The van der Waals surface area contributed by atoms with E-state index in [4.69, 9.17) is 5.73 Å². The van der Waals surface area contributed by atoms with Crippen molar-refractivity contribution >= 4 is 17.3 Å². The SMILES string of the molecule is CCCN(CCC)C(=O)CN1CCc2cccc(N)c21. The molecular weight excluding hydrogens is 250 g/mol. The number of hydrogen-bond acceptors (Lipinski definition) is 3. The molecule has 0 fully saturated rings. The highest BCUT2D eigenvalue weighted by molar-refractivity contribution is 5.85. The summed E-state index contributed by atoms with van der Waals surface area (Å²) in [5.74, 6) is 0.213. The number of nitrogens with two attached hydrogens (primary N) is 1. The van der Waals surface area contributed by atoms with Crippen molar-refractivity contribution in [1.29, 1.82) is 0 Å². The largest absolute Gasteiger partial charge is 0.397 e. The molecule has 110 valence electrons. The van der Waals surface area contributed by atoms with E-state index < -0.39 is 0 Å². The van der Waals surface area contributed by atoms with Gasteiger partial charge in [0.1, 0.15) is 0 Å². The lowest BCUT2D eigenvalue weighted by atomic mass is 10.1. The quantitative estimate of drug-likeness (QED) is 0.810. The lowest BCUT2D eigenvalue weighted by Crippen LogP contribution is -2.40. The van der Waals surface area contributed by atoms with Crippen molar-refractivity contribution in [2.24, 2.45) is 0 Å². The lowest BCUT2D eigenvalue weighted by molar-refractivity contribution is -0.129. The fourth-order valence-corrected chi connectivity index (χ4v) is 2.89. The van der Waals surface area contributed by atoms with Crippen LogP contribution in [0, 0.1) is 0 Å². The number of para-hydroxylation sites is 1. The van der Waals surface area contributed by atoms with Crippen LogP contribution in [0.3, 0.4) is 0 Å². The summed E-state index contributed by atoms with van der Waals surface area (Å²) < 4.78 is 0. The van der Waals surface area contributed by atoms with Crippen molar-refractivity contribution in [3.8, 4) is 0 Å². The van der Waals surface area contributed by atoms with Gasteiger partial charge in [-0.2, -0.15) is 0 Å². The number of nitrogens with zero attached hydrogens (tertiary/aromatic N) is 2. The Morgan fingerprint density at radius 3 is 2.65 bits per heavy atom. The first-order chi connectivity index (χ1) is 9.67. The third kappa shape index (κ3) is 3.06. The summed E-state index contributed by atoms with van der Waals surface area (Å²) in [5, 5.41) is 0. The molecule has 0 atom stereocenters. The van der Waals surface area contributed by atoms with Crippen LogP contribution in [0.2, 0.25) is 0 Å². The maximum absolute atomic E-state index is 12.4. The van der Waals surface area contributed by atoms with Gasteiger partial charge < -0.3 is 15.5 Å². The number of hydrogen-bond donors (Lipinski definition) is 1. The first-order valence-corrected chi connectivity index (χ1v) is 7.57. The lowest BCUT2D eigenvalue weighted by Gasteiger charge is -2.26. The molecule has 0 saturated carbocycles.